The standard InChI is InChI=1S/C12H12ClF2NO3S2/c13-8-5-21(18,19)6-10(8)16-12(17)4-20-11-2-1-7(14)3-9(11)15/h1-3,8,10H,4-6H2,(H,16,17)/t8-,10-/m0/s1. The zero-order valence-corrected chi connectivity index (χ0v) is 13.1. The molecule has 1 aromatic carbocycles. The van der Waals surface area contributed by atoms with Crippen LogP contribution in [0.1, 0.15) is 0 Å². The Morgan fingerprint density at radius 3 is 2.67 bits per heavy atom. The Morgan fingerprint density at radius 2 is 2.10 bits per heavy atom. The summed E-state index contributed by atoms with van der Waals surface area (Å²) in [4.78, 5) is 11.9. The first-order valence-electron chi connectivity index (χ1n) is 5.98. The van der Waals surface area contributed by atoms with Crippen LogP contribution in [0.4, 0.5) is 8.78 Å². The van der Waals surface area contributed by atoms with Gasteiger partial charge in [0.25, 0.3) is 0 Å². The molecule has 4 nitrogen and oxygen atoms in total. The highest BCUT2D eigenvalue weighted by atomic mass is 35.5. The third-order valence-electron chi connectivity index (χ3n) is 2.88. The van der Waals surface area contributed by atoms with Gasteiger partial charge in [0.05, 0.1) is 28.7 Å². The van der Waals surface area contributed by atoms with E-state index in [0.29, 0.717) is 0 Å². The number of sulfone groups is 1. The summed E-state index contributed by atoms with van der Waals surface area (Å²) in [5, 5.41) is 1.86. The van der Waals surface area contributed by atoms with Gasteiger partial charge in [0.1, 0.15) is 11.6 Å². The van der Waals surface area contributed by atoms with Gasteiger partial charge in [0.2, 0.25) is 5.91 Å². The Morgan fingerprint density at radius 1 is 1.38 bits per heavy atom. The molecule has 0 bridgehead atoms. The van der Waals surface area contributed by atoms with Crippen molar-refractivity contribution in [3.05, 3.63) is 29.8 Å². The van der Waals surface area contributed by atoms with Crippen LogP contribution in [-0.4, -0.2) is 43.0 Å². The first-order valence-corrected chi connectivity index (χ1v) is 9.23. The normalized spacial score (nSPS) is 24.0. The van der Waals surface area contributed by atoms with Crippen LogP contribution in [0.3, 0.4) is 0 Å². The molecule has 0 saturated carbocycles. The molecule has 0 aromatic heterocycles. The molecule has 1 aliphatic rings. The molecule has 2 rings (SSSR count). The SMILES string of the molecule is O=C(CSc1ccc(F)cc1F)N[C@H]1CS(=O)(=O)C[C@@H]1Cl. The van der Waals surface area contributed by atoms with Crippen LogP contribution in [-0.2, 0) is 14.6 Å². The quantitative estimate of drug-likeness (QED) is 0.658. The predicted octanol–water partition coefficient (Wildman–Crippen LogP) is 1.58. The maximum absolute atomic E-state index is 13.4. The fourth-order valence-corrected chi connectivity index (χ4v) is 5.20. The van der Waals surface area contributed by atoms with Crippen molar-refractivity contribution in [3.63, 3.8) is 0 Å². The summed E-state index contributed by atoms with van der Waals surface area (Å²) in [7, 11) is -3.22. The van der Waals surface area contributed by atoms with Crippen LogP contribution in [0, 0.1) is 11.6 Å². The Labute approximate surface area is 130 Å². The second-order valence-electron chi connectivity index (χ2n) is 4.63. The molecule has 2 atom stereocenters. The highest BCUT2D eigenvalue weighted by Gasteiger charge is 2.37. The number of nitrogens with one attached hydrogen (secondary N) is 1. The lowest BCUT2D eigenvalue weighted by molar-refractivity contribution is -0.119. The number of halogens is 3. The fraction of sp³-hybridized carbons (Fsp3) is 0.417. The number of hydrogen-bond acceptors (Lipinski definition) is 4. The summed E-state index contributed by atoms with van der Waals surface area (Å²) < 4.78 is 48.8. The lowest BCUT2D eigenvalue weighted by Crippen LogP contribution is -2.41. The smallest absolute Gasteiger partial charge is 0.230 e. The number of hydrogen-bond donors (Lipinski definition) is 1. The van der Waals surface area contributed by atoms with E-state index >= 15 is 0 Å². The van der Waals surface area contributed by atoms with Crippen LogP contribution >= 0.6 is 23.4 Å². The maximum Gasteiger partial charge on any atom is 0.230 e. The van der Waals surface area contributed by atoms with Gasteiger partial charge in [-0.1, -0.05) is 0 Å². The number of benzene rings is 1. The van der Waals surface area contributed by atoms with E-state index in [0.717, 1.165) is 23.9 Å². The zero-order valence-electron chi connectivity index (χ0n) is 10.7. The molecule has 1 saturated heterocycles. The summed E-state index contributed by atoms with van der Waals surface area (Å²) in [5.41, 5.74) is 0. The zero-order chi connectivity index (χ0) is 15.6. The molecular weight excluding hydrogens is 344 g/mol. The van der Waals surface area contributed by atoms with E-state index in [1.807, 2.05) is 0 Å². The van der Waals surface area contributed by atoms with Gasteiger partial charge < -0.3 is 5.32 Å². The van der Waals surface area contributed by atoms with Crippen molar-refractivity contribution in [2.75, 3.05) is 17.3 Å². The molecule has 1 fully saturated rings. The maximum atomic E-state index is 13.4. The summed E-state index contributed by atoms with van der Waals surface area (Å²) in [6, 6.07) is 2.44. The van der Waals surface area contributed by atoms with Gasteiger partial charge in [-0.05, 0) is 12.1 Å². The number of thioether (sulfide) groups is 1. The second-order valence-corrected chi connectivity index (χ2v) is 8.36. The second kappa shape index (κ2) is 6.50. The molecule has 1 aromatic rings. The minimum Gasteiger partial charge on any atom is -0.350 e. The highest BCUT2D eigenvalue weighted by Crippen LogP contribution is 2.23. The van der Waals surface area contributed by atoms with E-state index in [1.54, 1.807) is 0 Å². The largest absolute Gasteiger partial charge is 0.350 e. The summed E-state index contributed by atoms with van der Waals surface area (Å²) >= 11 is 6.77. The average molecular weight is 356 g/mol. The summed E-state index contributed by atoms with van der Waals surface area (Å²) in [6.07, 6.45) is 0. The molecule has 1 N–H and O–H groups in total. The van der Waals surface area contributed by atoms with E-state index in [-0.39, 0.29) is 22.2 Å². The lowest BCUT2D eigenvalue weighted by Gasteiger charge is -2.14. The third kappa shape index (κ3) is 4.55. The number of carbonyl (C=O) groups excluding carboxylic acids is 1. The highest BCUT2D eigenvalue weighted by molar-refractivity contribution is 8.00. The van der Waals surface area contributed by atoms with E-state index < -0.39 is 38.8 Å². The molecule has 1 aliphatic heterocycles. The van der Waals surface area contributed by atoms with Gasteiger partial charge >= 0.3 is 0 Å². The lowest BCUT2D eigenvalue weighted by atomic mass is 10.2. The molecule has 0 spiro atoms. The monoisotopic (exact) mass is 355 g/mol. The summed E-state index contributed by atoms with van der Waals surface area (Å²) in [6.45, 7) is 0. The van der Waals surface area contributed by atoms with Crippen LogP contribution < -0.4 is 5.32 Å². The predicted molar refractivity (Wildman–Crippen MR) is 77.3 cm³/mol. The molecule has 1 heterocycles. The van der Waals surface area contributed by atoms with E-state index in [4.69, 9.17) is 11.6 Å². The third-order valence-corrected chi connectivity index (χ3v) is 6.31. The van der Waals surface area contributed by atoms with Crippen molar-refractivity contribution in [2.24, 2.45) is 0 Å². The summed E-state index contributed by atoms with van der Waals surface area (Å²) in [5.74, 6) is -2.35. The van der Waals surface area contributed by atoms with Gasteiger partial charge in [0, 0.05) is 11.0 Å². The van der Waals surface area contributed by atoms with Crippen molar-refractivity contribution in [1.82, 2.24) is 5.32 Å². The fourth-order valence-electron chi connectivity index (χ4n) is 1.92. The van der Waals surface area contributed by atoms with Crippen molar-refractivity contribution in [3.8, 4) is 0 Å². The number of alkyl halides is 1. The van der Waals surface area contributed by atoms with E-state index in [2.05, 4.69) is 5.32 Å². The molecule has 21 heavy (non-hydrogen) atoms. The Kier molecular flexibility index (Phi) is 5.11. The Balaban J connectivity index is 1.88. The molecule has 9 heteroatoms. The van der Waals surface area contributed by atoms with Crippen LogP contribution in [0.2, 0.25) is 0 Å². The van der Waals surface area contributed by atoms with Gasteiger partial charge in [-0.25, -0.2) is 17.2 Å². The van der Waals surface area contributed by atoms with Gasteiger partial charge in [0.15, 0.2) is 9.84 Å². The molecule has 116 valence electrons. The number of rotatable bonds is 4. The minimum absolute atomic E-state index is 0.108. The minimum atomic E-state index is -3.22. The van der Waals surface area contributed by atoms with Crippen molar-refractivity contribution < 1.29 is 22.0 Å². The van der Waals surface area contributed by atoms with Crippen molar-refractivity contribution in [2.45, 2.75) is 16.3 Å². The van der Waals surface area contributed by atoms with Crippen LogP contribution in [0.5, 0.6) is 0 Å². The molecular formula is C12H12ClF2NO3S2. The Bertz CT molecular complexity index is 654. The van der Waals surface area contributed by atoms with Crippen LogP contribution in [0.25, 0.3) is 0 Å². The van der Waals surface area contributed by atoms with E-state index in [9.17, 15) is 22.0 Å². The molecule has 0 radical (unpaired) electrons. The van der Waals surface area contributed by atoms with Gasteiger partial charge in [-0.15, -0.1) is 23.4 Å². The first-order chi connectivity index (χ1) is 9.77. The van der Waals surface area contributed by atoms with Crippen molar-refractivity contribution in [1.29, 1.82) is 0 Å². The first kappa shape index (κ1) is 16.5. The van der Waals surface area contributed by atoms with Gasteiger partial charge in [-0.2, -0.15) is 0 Å². The molecule has 0 unspecified atom stereocenters. The number of carbonyl (C=O) groups is 1. The van der Waals surface area contributed by atoms with Gasteiger partial charge in [-0.3, -0.25) is 4.79 Å². The average Bonchev–Trinajstić information content (AvgIpc) is 2.61. The molecule has 1 amide bonds. The van der Waals surface area contributed by atoms with Crippen LogP contribution in [0.15, 0.2) is 23.1 Å². The van der Waals surface area contributed by atoms with Crippen molar-refractivity contribution >= 4 is 39.1 Å². The Hall–Kier alpha value is -0.860. The topological polar surface area (TPSA) is 63.2 Å². The molecule has 0 aliphatic carbocycles. The number of amides is 1. The van der Waals surface area contributed by atoms with E-state index in [1.165, 1.54) is 6.07 Å².